The summed E-state index contributed by atoms with van der Waals surface area (Å²) in [4.78, 5) is 21.3. The number of fused-ring (bicyclic) bond motifs is 1. The molecule has 2 aromatic carbocycles. The van der Waals surface area contributed by atoms with Crippen molar-refractivity contribution in [2.45, 2.75) is 6.92 Å². The van der Waals surface area contributed by atoms with Crippen molar-refractivity contribution in [2.24, 2.45) is 0 Å². The number of hydrogen-bond donors (Lipinski definition) is 1. The minimum Gasteiger partial charge on any atom is -0.322 e. The third-order valence-corrected chi connectivity index (χ3v) is 4.71. The summed E-state index contributed by atoms with van der Waals surface area (Å²) in [6.45, 7) is 1.94. The van der Waals surface area contributed by atoms with Crippen molar-refractivity contribution in [3.63, 3.8) is 0 Å². The second-order valence-corrected chi connectivity index (χ2v) is 6.77. The van der Waals surface area contributed by atoms with Crippen LogP contribution in [-0.2, 0) is 0 Å². The molecule has 128 valence electrons. The predicted octanol–water partition coefficient (Wildman–Crippen LogP) is 4.72. The highest BCUT2D eigenvalue weighted by molar-refractivity contribution is 9.10. The molecule has 4 aromatic rings. The van der Waals surface area contributed by atoms with Gasteiger partial charge in [-0.25, -0.2) is 9.97 Å². The fraction of sp³-hybridized carbons (Fsp3) is 0.0500. The Hall–Kier alpha value is -2.99. The first-order valence-corrected chi connectivity index (χ1v) is 8.88. The maximum Gasteiger partial charge on any atom is 0.256 e. The van der Waals surface area contributed by atoms with Crippen molar-refractivity contribution < 1.29 is 4.79 Å². The summed E-state index contributed by atoms with van der Waals surface area (Å²) in [5.74, 6) is 0.518. The third kappa shape index (κ3) is 3.23. The smallest absolute Gasteiger partial charge is 0.256 e. The van der Waals surface area contributed by atoms with E-state index >= 15 is 0 Å². The molecule has 2 heterocycles. The van der Waals surface area contributed by atoms with E-state index in [9.17, 15) is 4.79 Å². The van der Waals surface area contributed by atoms with Crippen molar-refractivity contribution >= 4 is 33.3 Å². The van der Waals surface area contributed by atoms with Gasteiger partial charge >= 0.3 is 0 Å². The normalized spacial score (nSPS) is 10.8. The Morgan fingerprint density at radius 2 is 1.81 bits per heavy atom. The molecule has 0 bridgehead atoms. The van der Waals surface area contributed by atoms with Crippen LogP contribution in [0.1, 0.15) is 16.1 Å². The Bertz CT molecular complexity index is 1100. The third-order valence-electron chi connectivity index (χ3n) is 4.02. The zero-order valence-electron chi connectivity index (χ0n) is 14.0. The van der Waals surface area contributed by atoms with Gasteiger partial charge in [-0.05, 0) is 53.2 Å². The summed E-state index contributed by atoms with van der Waals surface area (Å²) in [5.41, 5.74) is 4.06. The average Bonchev–Trinajstić information content (AvgIpc) is 3.05. The molecule has 0 saturated carbocycles. The molecule has 0 radical (unpaired) electrons. The summed E-state index contributed by atoms with van der Waals surface area (Å²) in [6, 6.07) is 16.9. The minimum absolute atomic E-state index is 0.155. The molecule has 2 aromatic heterocycles. The summed E-state index contributed by atoms with van der Waals surface area (Å²) < 4.78 is 2.66. The molecule has 0 fully saturated rings. The van der Waals surface area contributed by atoms with Crippen LogP contribution in [0.4, 0.5) is 5.69 Å². The summed E-state index contributed by atoms with van der Waals surface area (Å²) in [5, 5.41) is 2.90. The lowest BCUT2D eigenvalue weighted by molar-refractivity contribution is 0.102. The van der Waals surface area contributed by atoms with Gasteiger partial charge in [0, 0.05) is 33.8 Å². The standard InChI is InChI=1S/C20H15BrN4O/c1-13-10-11-25-12-18(24-20(25)22-13)14-6-8-15(9-7-14)23-19(26)16-4-2-3-5-17(16)21/h2-12H,1H3,(H,23,26). The van der Waals surface area contributed by atoms with Gasteiger partial charge in [-0.15, -0.1) is 0 Å². The number of amides is 1. The van der Waals surface area contributed by atoms with Crippen molar-refractivity contribution in [1.29, 1.82) is 0 Å². The largest absolute Gasteiger partial charge is 0.322 e. The molecule has 26 heavy (non-hydrogen) atoms. The van der Waals surface area contributed by atoms with Crippen LogP contribution >= 0.6 is 15.9 Å². The molecule has 0 aliphatic heterocycles. The van der Waals surface area contributed by atoms with Gasteiger partial charge in [0.2, 0.25) is 5.78 Å². The van der Waals surface area contributed by atoms with Gasteiger partial charge in [-0.1, -0.05) is 24.3 Å². The number of aromatic nitrogens is 3. The molecule has 0 aliphatic carbocycles. The molecule has 1 N–H and O–H groups in total. The van der Waals surface area contributed by atoms with E-state index in [2.05, 4.69) is 31.2 Å². The Balaban J connectivity index is 1.56. The molecule has 0 aliphatic rings. The van der Waals surface area contributed by atoms with E-state index in [-0.39, 0.29) is 5.91 Å². The van der Waals surface area contributed by atoms with E-state index in [0.717, 1.165) is 27.1 Å². The van der Waals surface area contributed by atoms with Crippen LogP contribution in [-0.4, -0.2) is 20.3 Å². The highest BCUT2D eigenvalue weighted by atomic mass is 79.9. The molecule has 6 heteroatoms. The number of hydrogen-bond acceptors (Lipinski definition) is 3. The Labute approximate surface area is 158 Å². The first-order chi connectivity index (χ1) is 12.6. The number of carbonyl (C=O) groups excluding carboxylic acids is 1. The fourth-order valence-corrected chi connectivity index (χ4v) is 3.13. The second-order valence-electron chi connectivity index (χ2n) is 5.91. The number of rotatable bonds is 3. The summed E-state index contributed by atoms with van der Waals surface area (Å²) in [6.07, 6.45) is 3.89. The van der Waals surface area contributed by atoms with E-state index in [1.807, 2.05) is 72.2 Å². The van der Waals surface area contributed by atoms with E-state index in [0.29, 0.717) is 11.3 Å². The quantitative estimate of drug-likeness (QED) is 0.535. The van der Waals surface area contributed by atoms with Crippen molar-refractivity contribution in [2.75, 3.05) is 5.32 Å². The topological polar surface area (TPSA) is 59.3 Å². The molecular weight excluding hydrogens is 392 g/mol. The highest BCUT2D eigenvalue weighted by Crippen LogP contribution is 2.22. The number of nitrogens with one attached hydrogen (secondary N) is 1. The first-order valence-electron chi connectivity index (χ1n) is 8.09. The monoisotopic (exact) mass is 406 g/mol. The zero-order valence-corrected chi connectivity index (χ0v) is 15.6. The molecule has 0 unspecified atom stereocenters. The minimum atomic E-state index is -0.155. The predicted molar refractivity (Wildman–Crippen MR) is 105 cm³/mol. The molecule has 0 saturated heterocycles. The van der Waals surface area contributed by atoms with Crippen molar-refractivity contribution in [3.8, 4) is 11.3 Å². The number of imidazole rings is 1. The first kappa shape index (κ1) is 16.5. The highest BCUT2D eigenvalue weighted by Gasteiger charge is 2.10. The van der Waals surface area contributed by atoms with Gasteiger partial charge in [0.05, 0.1) is 11.3 Å². The van der Waals surface area contributed by atoms with E-state index in [4.69, 9.17) is 0 Å². The van der Waals surface area contributed by atoms with Crippen LogP contribution in [0, 0.1) is 6.92 Å². The Morgan fingerprint density at radius 1 is 1.04 bits per heavy atom. The fourth-order valence-electron chi connectivity index (χ4n) is 2.67. The number of carbonyl (C=O) groups is 1. The lowest BCUT2D eigenvalue weighted by Gasteiger charge is -2.07. The molecule has 5 nitrogen and oxygen atoms in total. The van der Waals surface area contributed by atoms with Crippen LogP contribution in [0.5, 0.6) is 0 Å². The maximum atomic E-state index is 12.4. The second kappa shape index (κ2) is 6.72. The van der Waals surface area contributed by atoms with Crippen LogP contribution in [0.3, 0.4) is 0 Å². The molecular formula is C20H15BrN4O. The van der Waals surface area contributed by atoms with E-state index in [1.165, 1.54) is 0 Å². The van der Waals surface area contributed by atoms with Gasteiger partial charge in [-0.2, -0.15) is 0 Å². The number of anilines is 1. The van der Waals surface area contributed by atoms with Gasteiger partial charge in [-0.3, -0.25) is 9.20 Å². The van der Waals surface area contributed by atoms with Crippen molar-refractivity contribution in [1.82, 2.24) is 14.4 Å². The molecule has 1 amide bonds. The van der Waals surface area contributed by atoms with Crippen LogP contribution in [0.25, 0.3) is 17.0 Å². The number of aryl methyl sites for hydroxylation is 1. The van der Waals surface area contributed by atoms with Gasteiger partial charge < -0.3 is 5.32 Å². The Kier molecular flexibility index (Phi) is 4.26. The molecule has 0 atom stereocenters. The number of halogens is 1. The van der Waals surface area contributed by atoms with E-state index in [1.54, 1.807) is 6.07 Å². The van der Waals surface area contributed by atoms with Crippen molar-refractivity contribution in [3.05, 3.63) is 82.7 Å². The van der Waals surface area contributed by atoms with Crippen LogP contribution < -0.4 is 5.32 Å². The summed E-state index contributed by atoms with van der Waals surface area (Å²) in [7, 11) is 0. The van der Waals surface area contributed by atoms with E-state index < -0.39 is 0 Å². The molecule has 0 spiro atoms. The molecule has 4 rings (SSSR count). The zero-order chi connectivity index (χ0) is 18.1. The lowest BCUT2D eigenvalue weighted by Crippen LogP contribution is -2.12. The van der Waals surface area contributed by atoms with Gasteiger partial charge in [0.1, 0.15) is 0 Å². The number of nitrogens with zero attached hydrogens (tertiary/aromatic N) is 3. The van der Waals surface area contributed by atoms with Gasteiger partial charge in [0.25, 0.3) is 5.91 Å². The SMILES string of the molecule is Cc1ccn2cc(-c3ccc(NC(=O)c4ccccc4Br)cc3)nc2n1. The van der Waals surface area contributed by atoms with Crippen LogP contribution in [0.15, 0.2) is 71.5 Å². The maximum absolute atomic E-state index is 12.4. The lowest BCUT2D eigenvalue weighted by atomic mass is 10.1. The number of benzene rings is 2. The van der Waals surface area contributed by atoms with Crippen LogP contribution in [0.2, 0.25) is 0 Å². The average molecular weight is 407 g/mol. The summed E-state index contributed by atoms with van der Waals surface area (Å²) >= 11 is 3.40. The Morgan fingerprint density at radius 3 is 2.58 bits per heavy atom. The van der Waals surface area contributed by atoms with Gasteiger partial charge in [0.15, 0.2) is 0 Å².